The van der Waals surface area contributed by atoms with Crippen LogP contribution in [-0.2, 0) is 11.2 Å². The molecule has 2 aliphatic heterocycles. The van der Waals surface area contributed by atoms with Crippen molar-refractivity contribution in [2.75, 3.05) is 0 Å². The molecule has 2 bridgehead atoms. The summed E-state index contributed by atoms with van der Waals surface area (Å²) in [6.45, 7) is 9.01. The summed E-state index contributed by atoms with van der Waals surface area (Å²) >= 11 is 0. The summed E-state index contributed by atoms with van der Waals surface area (Å²) in [6.07, 6.45) is 6.05. The van der Waals surface area contributed by atoms with E-state index in [1.54, 1.807) is 43.1 Å². The minimum absolute atomic E-state index is 0.0167. The molecule has 0 saturated carbocycles. The van der Waals surface area contributed by atoms with Crippen LogP contribution in [0.25, 0.3) is 11.5 Å². The molecule has 0 unspecified atom stereocenters. The van der Waals surface area contributed by atoms with Crippen LogP contribution in [0, 0.1) is 19.7 Å². The monoisotopic (exact) mass is 467 g/mol. The second-order valence-electron chi connectivity index (χ2n) is 10.3. The molecule has 2 aliphatic rings. The first-order valence-electron chi connectivity index (χ1n) is 11.7. The maximum Gasteiger partial charge on any atom is 0.411 e. The zero-order chi connectivity index (χ0) is 24.4. The molecule has 180 valence electrons. The van der Waals surface area contributed by atoms with Crippen LogP contribution in [0.5, 0.6) is 0 Å². The van der Waals surface area contributed by atoms with Crippen molar-refractivity contribution < 1.29 is 13.9 Å². The Labute approximate surface area is 197 Å². The fourth-order valence-electron chi connectivity index (χ4n) is 5.28. The molecule has 1 fully saturated rings. The molecule has 8 nitrogen and oxygen atoms in total. The normalized spacial score (nSPS) is 19.8. The minimum atomic E-state index is -0.612. The van der Waals surface area contributed by atoms with Crippen LogP contribution in [0.15, 0.2) is 29.3 Å². The summed E-state index contributed by atoms with van der Waals surface area (Å²) < 4.78 is 23.4. The number of rotatable bonds is 2. The molecular formula is C25H30FN5O3. The minimum Gasteiger partial charge on any atom is -0.444 e. The highest BCUT2D eigenvalue weighted by Gasteiger charge is 2.45. The van der Waals surface area contributed by atoms with Crippen LogP contribution in [-0.4, -0.2) is 42.0 Å². The Hall–Kier alpha value is -3.36. The Kier molecular flexibility index (Phi) is 5.18. The van der Waals surface area contributed by atoms with E-state index in [1.165, 1.54) is 4.57 Å². The van der Waals surface area contributed by atoms with Gasteiger partial charge < -0.3 is 9.72 Å². The number of hydrogen-bond donors (Lipinski definition) is 1. The molecule has 1 saturated heterocycles. The third-order valence-electron chi connectivity index (χ3n) is 6.63. The fraction of sp³-hybridized carbons (Fsp3) is 0.480. The molecule has 4 heterocycles. The zero-order valence-corrected chi connectivity index (χ0v) is 20.2. The first-order chi connectivity index (χ1) is 16.0. The number of carbonyl (C=O) groups excluding carboxylic acids is 1. The van der Waals surface area contributed by atoms with Crippen LogP contribution < -0.4 is 5.69 Å². The number of hydrogen-bond acceptors (Lipinski definition) is 4. The lowest BCUT2D eigenvalue weighted by molar-refractivity contribution is -0.00973. The lowest BCUT2D eigenvalue weighted by atomic mass is 9.83. The third kappa shape index (κ3) is 3.63. The zero-order valence-electron chi connectivity index (χ0n) is 20.2. The number of halogens is 1. The van der Waals surface area contributed by atoms with Gasteiger partial charge in [-0.25, -0.2) is 18.7 Å². The molecule has 1 aromatic carbocycles. The second-order valence-corrected chi connectivity index (χ2v) is 10.3. The largest absolute Gasteiger partial charge is 0.444 e. The molecular weight excluding hydrogens is 437 g/mol. The van der Waals surface area contributed by atoms with Crippen molar-refractivity contribution in [3.63, 3.8) is 0 Å². The van der Waals surface area contributed by atoms with Gasteiger partial charge in [-0.1, -0.05) is 0 Å². The van der Waals surface area contributed by atoms with Gasteiger partial charge in [0.1, 0.15) is 17.2 Å². The maximum absolute atomic E-state index is 14.4. The molecule has 1 amide bonds. The molecule has 0 aliphatic carbocycles. The SMILES string of the molecule is Cc1cc(-n2nc3c(c2-n2cc[nH]c2=O)[C@@H]2CCC[C@H](C3)N2C(=O)OC(C)(C)C)cc(C)c1F. The number of aryl methyl sites for hydroxylation is 2. The predicted octanol–water partition coefficient (Wildman–Crippen LogP) is 4.49. The molecule has 2 aromatic heterocycles. The van der Waals surface area contributed by atoms with Crippen molar-refractivity contribution in [3.8, 4) is 11.5 Å². The van der Waals surface area contributed by atoms with Crippen LogP contribution in [0.4, 0.5) is 9.18 Å². The molecule has 3 aromatic rings. The smallest absolute Gasteiger partial charge is 0.411 e. The molecule has 5 rings (SSSR count). The average molecular weight is 468 g/mol. The average Bonchev–Trinajstić information content (AvgIpc) is 3.32. The summed E-state index contributed by atoms with van der Waals surface area (Å²) in [5, 5.41) is 4.92. The number of benzene rings is 1. The van der Waals surface area contributed by atoms with Crippen molar-refractivity contribution in [1.29, 1.82) is 0 Å². The number of aromatic amines is 1. The lowest BCUT2D eigenvalue weighted by Gasteiger charge is -2.45. The van der Waals surface area contributed by atoms with Crippen LogP contribution >= 0.6 is 0 Å². The van der Waals surface area contributed by atoms with E-state index in [-0.39, 0.29) is 29.7 Å². The number of ether oxygens (including phenoxy) is 1. The summed E-state index contributed by atoms with van der Waals surface area (Å²) in [6, 6.07) is 3.20. The van der Waals surface area contributed by atoms with Crippen LogP contribution in [0.3, 0.4) is 0 Å². The highest BCUT2D eigenvalue weighted by atomic mass is 19.1. The topological polar surface area (TPSA) is 85.2 Å². The van der Waals surface area contributed by atoms with E-state index in [0.717, 1.165) is 30.5 Å². The number of piperidine rings is 1. The van der Waals surface area contributed by atoms with Crippen LogP contribution in [0.1, 0.15) is 68.5 Å². The van der Waals surface area contributed by atoms with Gasteiger partial charge in [-0.05, 0) is 77.1 Å². The number of aromatic nitrogens is 4. The van der Waals surface area contributed by atoms with Gasteiger partial charge in [0.05, 0.1) is 17.4 Å². The number of nitrogens with zero attached hydrogens (tertiary/aromatic N) is 4. The van der Waals surface area contributed by atoms with Gasteiger partial charge >= 0.3 is 11.8 Å². The number of amides is 1. The fourth-order valence-corrected chi connectivity index (χ4v) is 5.28. The molecule has 2 atom stereocenters. The Balaban J connectivity index is 1.72. The Bertz CT molecular complexity index is 1310. The Morgan fingerprint density at radius 1 is 1.21 bits per heavy atom. The van der Waals surface area contributed by atoms with Gasteiger partial charge in [-0.15, -0.1) is 0 Å². The molecule has 34 heavy (non-hydrogen) atoms. The van der Waals surface area contributed by atoms with E-state index < -0.39 is 5.60 Å². The number of carbonyl (C=O) groups is 1. The van der Waals surface area contributed by atoms with Crippen molar-refractivity contribution in [1.82, 2.24) is 24.2 Å². The summed E-state index contributed by atoms with van der Waals surface area (Å²) in [5.74, 6) is 0.318. The van der Waals surface area contributed by atoms with E-state index in [4.69, 9.17) is 9.84 Å². The van der Waals surface area contributed by atoms with E-state index >= 15 is 0 Å². The predicted molar refractivity (Wildman–Crippen MR) is 125 cm³/mol. The molecule has 0 radical (unpaired) electrons. The maximum atomic E-state index is 14.4. The van der Waals surface area contributed by atoms with Gasteiger partial charge in [0.25, 0.3) is 0 Å². The number of imidazole rings is 1. The van der Waals surface area contributed by atoms with Crippen molar-refractivity contribution >= 4 is 6.09 Å². The van der Waals surface area contributed by atoms with Gasteiger partial charge in [0, 0.05) is 30.4 Å². The second kappa shape index (κ2) is 7.85. The quantitative estimate of drug-likeness (QED) is 0.602. The number of H-pyrrole nitrogens is 1. The summed E-state index contributed by atoms with van der Waals surface area (Å²) in [5.41, 5.74) is 2.48. The first kappa shape index (κ1) is 22.4. The third-order valence-corrected chi connectivity index (χ3v) is 6.63. The highest BCUT2D eigenvalue weighted by Crippen LogP contribution is 2.45. The van der Waals surface area contributed by atoms with Gasteiger partial charge in [-0.3, -0.25) is 9.47 Å². The number of nitrogens with one attached hydrogen (secondary N) is 1. The summed E-state index contributed by atoms with van der Waals surface area (Å²) in [7, 11) is 0. The van der Waals surface area contributed by atoms with E-state index in [1.807, 2.05) is 25.7 Å². The van der Waals surface area contributed by atoms with Gasteiger partial charge in [-0.2, -0.15) is 5.10 Å². The van der Waals surface area contributed by atoms with Crippen LogP contribution in [0.2, 0.25) is 0 Å². The van der Waals surface area contributed by atoms with Gasteiger partial charge in [0.2, 0.25) is 0 Å². The van der Waals surface area contributed by atoms with Crippen molar-refractivity contribution in [3.05, 3.63) is 63.2 Å². The Morgan fingerprint density at radius 2 is 1.91 bits per heavy atom. The lowest BCUT2D eigenvalue weighted by Crippen LogP contribution is -2.51. The number of fused-ring (bicyclic) bond motifs is 4. The van der Waals surface area contributed by atoms with Crippen molar-refractivity contribution in [2.45, 2.75) is 78.0 Å². The highest BCUT2D eigenvalue weighted by molar-refractivity contribution is 5.71. The Morgan fingerprint density at radius 3 is 2.53 bits per heavy atom. The molecule has 0 spiro atoms. The van der Waals surface area contributed by atoms with E-state index in [2.05, 4.69) is 4.98 Å². The molecule has 1 N–H and O–H groups in total. The molecule has 9 heteroatoms. The van der Waals surface area contributed by atoms with Crippen molar-refractivity contribution in [2.24, 2.45) is 0 Å². The van der Waals surface area contributed by atoms with Gasteiger partial charge in [0.15, 0.2) is 0 Å². The van der Waals surface area contributed by atoms with E-state index in [0.29, 0.717) is 29.1 Å². The van der Waals surface area contributed by atoms with E-state index in [9.17, 15) is 14.0 Å². The summed E-state index contributed by atoms with van der Waals surface area (Å²) in [4.78, 5) is 30.6. The first-order valence-corrected chi connectivity index (χ1v) is 11.7. The standard InChI is InChI=1S/C25H30FN5O3/c1-14-11-17(12-15(2)21(14)26)31-22(29-10-9-27-23(29)32)20-18(28-31)13-16-7-6-8-19(20)30(16)24(33)34-25(3,4)5/h9-12,16,19H,6-8,13H2,1-5H3,(H,27,32)/t16-,19+/m1/s1.